The number of quaternary nitrogens is 1. The number of aromatic nitrogens is 2. The van der Waals surface area contributed by atoms with Gasteiger partial charge < -0.3 is 19.4 Å². The number of H-pyrrole nitrogens is 1. The molecule has 0 aliphatic heterocycles. The molecule has 8 heteroatoms. The van der Waals surface area contributed by atoms with Crippen LogP contribution in [0.1, 0.15) is 5.56 Å². The Morgan fingerprint density at radius 2 is 2.10 bits per heavy atom. The molecule has 1 rings (SSSR count). The van der Waals surface area contributed by atoms with Crippen molar-refractivity contribution in [2.24, 2.45) is 0 Å². The van der Waals surface area contributed by atoms with Crippen LogP contribution in [0.3, 0.4) is 0 Å². The van der Waals surface area contributed by atoms with E-state index in [0.29, 0.717) is 29.7 Å². The molecule has 120 valence electrons. The van der Waals surface area contributed by atoms with Crippen molar-refractivity contribution in [3.05, 3.63) is 32.6 Å². The van der Waals surface area contributed by atoms with Crippen molar-refractivity contribution in [1.82, 2.24) is 9.55 Å². The van der Waals surface area contributed by atoms with Gasteiger partial charge in [-0.1, -0.05) is 0 Å². The van der Waals surface area contributed by atoms with Gasteiger partial charge in [0, 0.05) is 11.8 Å². The summed E-state index contributed by atoms with van der Waals surface area (Å²) < 4.78 is 7.21. The number of nitrogens with zero attached hydrogens (tertiary/aromatic N) is 2. The van der Waals surface area contributed by atoms with E-state index in [0.717, 1.165) is 0 Å². The Morgan fingerprint density at radius 1 is 1.43 bits per heavy atom. The lowest BCUT2D eigenvalue weighted by Gasteiger charge is -2.31. The second-order valence-corrected chi connectivity index (χ2v) is 5.76. The topological polar surface area (TPSA) is 105 Å². The van der Waals surface area contributed by atoms with Crippen LogP contribution >= 0.6 is 0 Å². The predicted octanol–water partition coefficient (Wildman–Crippen LogP) is -1.75. The average molecular weight is 302 g/mol. The van der Waals surface area contributed by atoms with Crippen molar-refractivity contribution >= 4 is 0 Å². The molecule has 0 fully saturated rings. The summed E-state index contributed by atoms with van der Waals surface area (Å²) in [6, 6.07) is 0. The lowest BCUT2D eigenvalue weighted by atomic mass is 10.3. The molecule has 0 saturated carbocycles. The first-order valence-electron chi connectivity index (χ1n) is 6.74. The standard InChI is InChI=1S/C13H23N3O5/c1-10-6-15(13(20)14-12(10)19)9-21-5-4-16(2,3)7-11(18)8-17/h6,11,17-18H,4-5,7-9H2,1-3H3/p+1. The Bertz CT molecular complexity index is 564. The summed E-state index contributed by atoms with van der Waals surface area (Å²) in [5, 5.41) is 18.3. The van der Waals surface area contributed by atoms with Crippen LogP contribution < -0.4 is 11.2 Å². The van der Waals surface area contributed by atoms with Crippen molar-refractivity contribution in [3.63, 3.8) is 0 Å². The van der Waals surface area contributed by atoms with Gasteiger partial charge in [0.25, 0.3) is 5.56 Å². The number of rotatable bonds is 8. The number of aromatic amines is 1. The normalized spacial score (nSPS) is 13.4. The third kappa shape index (κ3) is 5.80. The van der Waals surface area contributed by atoms with Gasteiger partial charge in [0.2, 0.25) is 0 Å². The SMILES string of the molecule is Cc1cn(COCC[N+](C)(C)CC(O)CO)c(=O)[nH]c1=O. The fourth-order valence-electron chi connectivity index (χ4n) is 1.91. The highest BCUT2D eigenvalue weighted by Gasteiger charge is 2.19. The van der Waals surface area contributed by atoms with Crippen molar-refractivity contribution < 1.29 is 19.4 Å². The minimum Gasteiger partial charge on any atom is -0.393 e. The Kier molecular flexibility index (Phi) is 6.28. The van der Waals surface area contributed by atoms with Gasteiger partial charge in [0.05, 0.1) is 27.3 Å². The molecule has 1 aromatic heterocycles. The van der Waals surface area contributed by atoms with E-state index in [1.165, 1.54) is 10.8 Å². The molecule has 0 aliphatic carbocycles. The summed E-state index contributed by atoms with van der Waals surface area (Å²) in [5.74, 6) is 0. The number of likely N-dealkylation sites (N-methyl/N-ethyl adjacent to an activating group) is 1. The maximum atomic E-state index is 11.5. The first-order valence-corrected chi connectivity index (χ1v) is 6.74. The largest absolute Gasteiger partial charge is 0.393 e. The van der Waals surface area contributed by atoms with Crippen LogP contribution in [0, 0.1) is 6.92 Å². The van der Waals surface area contributed by atoms with Crippen LogP contribution in [0.15, 0.2) is 15.8 Å². The molecule has 3 N–H and O–H groups in total. The van der Waals surface area contributed by atoms with Gasteiger partial charge in [-0.05, 0) is 6.92 Å². The summed E-state index contributed by atoms with van der Waals surface area (Å²) in [6.07, 6.45) is 0.695. The van der Waals surface area contributed by atoms with Crippen LogP contribution in [0.5, 0.6) is 0 Å². The van der Waals surface area contributed by atoms with Gasteiger partial charge in [-0.3, -0.25) is 14.3 Å². The molecule has 1 unspecified atom stereocenters. The van der Waals surface area contributed by atoms with Gasteiger partial charge in [-0.2, -0.15) is 0 Å². The van der Waals surface area contributed by atoms with E-state index >= 15 is 0 Å². The predicted molar refractivity (Wildman–Crippen MR) is 76.9 cm³/mol. The highest BCUT2D eigenvalue weighted by Crippen LogP contribution is 2.00. The zero-order valence-electron chi connectivity index (χ0n) is 12.7. The third-order valence-corrected chi connectivity index (χ3v) is 3.18. The number of aryl methyl sites for hydroxylation is 1. The highest BCUT2D eigenvalue weighted by atomic mass is 16.5. The van der Waals surface area contributed by atoms with Crippen molar-refractivity contribution in [1.29, 1.82) is 0 Å². The van der Waals surface area contributed by atoms with Gasteiger partial charge in [0.1, 0.15) is 25.9 Å². The van der Waals surface area contributed by atoms with Crippen LogP contribution in [0.4, 0.5) is 0 Å². The van der Waals surface area contributed by atoms with Crippen molar-refractivity contribution in [2.75, 3.05) is 40.4 Å². The van der Waals surface area contributed by atoms with E-state index in [2.05, 4.69) is 4.98 Å². The Balaban J connectivity index is 2.46. The fourth-order valence-corrected chi connectivity index (χ4v) is 1.91. The molecule has 0 aliphatic rings. The minimum absolute atomic E-state index is 0.0546. The monoisotopic (exact) mass is 302 g/mol. The molecule has 21 heavy (non-hydrogen) atoms. The average Bonchev–Trinajstić information content (AvgIpc) is 2.39. The summed E-state index contributed by atoms with van der Waals surface area (Å²) in [6.45, 7) is 2.82. The van der Waals surface area contributed by atoms with E-state index < -0.39 is 17.4 Å². The van der Waals surface area contributed by atoms with Gasteiger partial charge >= 0.3 is 5.69 Å². The lowest BCUT2D eigenvalue weighted by molar-refractivity contribution is -0.893. The second kappa shape index (κ2) is 7.51. The van der Waals surface area contributed by atoms with E-state index in [1.54, 1.807) is 6.92 Å². The summed E-state index contributed by atoms with van der Waals surface area (Å²) in [7, 11) is 3.83. The molecule has 0 bridgehead atoms. The van der Waals surface area contributed by atoms with E-state index in [1.807, 2.05) is 14.1 Å². The van der Waals surface area contributed by atoms with Gasteiger partial charge in [-0.25, -0.2) is 4.79 Å². The Hall–Kier alpha value is -1.48. The molecule has 0 saturated heterocycles. The third-order valence-electron chi connectivity index (χ3n) is 3.18. The minimum atomic E-state index is -0.760. The summed E-state index contributed by atoms with van der Waals surface area (Å²) >= 11 is 0. The fraction of sp³-hybridized carbons (Fsp3) is 0.692. The zero-order valence-corrected chi connectivity index (χ0v) is 12.7. The van der Waals surface area contributed by atoms with Gasteiger partial charge in [-0.15, -0.1) is 0 Å². The smallest absolute Gasteiger partial charge is 0.330 e. The van der Waals surface area contributed by atoms with Crippen LogP contribution in [0.2, 0.25) is 0 Å². The van der Waals surface area contributed by atoms with Crippen LogP contribution in [-0.4, -0.2) is 70.7 Å². The first-order chi connectivity index (χ1) is 9.75. The number of ether oxygens (including phenoxy) is 1. The molecule has 0 aromatic carbocycles. The molecule has 0 spiro atoms. The van der Waals surface area contributed by atoms with E-state index in [9.17, 15) is 14.7 Å². The van der Waals surface area contributed by atoms with Crippen LogP contribution in [0.25, 0.3) is 0 Å². The number of aliphatic hydroxyl groups is 2. The maximum Gasteiger partial charge on any atom is 0.330 e. The number of hydrogen-bond acceptors (Lipinski definition) is 5. The van der Waals surface area contributed by atoms with Gasteiger partial charge in [0.15, 0.2) is 0 Å². The maximum absolute atomic E-state index is 11.5. The van der Waals surface area contributed by atoms with Crippen molar-refractivity contribution in [3.8, 4) is 0 Å². The number of nitrogens with one attached hydrogen (secondary N) is 1. The van der Waals surface area contributed by atoms with E-state index in [-0.39, 0.29) is 13.3 Å². The first kappa shape index (κ1) is 17.6. The molecule has 0 amide bonds. The zero-order chi connectivity index (χ0) is 16.0. The molecule has 8 nitrogen and oxygen atoms in total. The molecule has 0 radical (unpaired) electrons. The number of aliphatic hydroxyl groups excluding tert-OH is 2. The molecule has 1 aromatic rings. The molecular formula is C13H24N3O5+. The lowest BCUT2D eigenvalue weighted by Crippen LogP contribution is -2.48. The second-order valence-electron chi connectivity index (χ2n) is 5.76. The summed E-state index contributed by atoms with van der Waals surface area (Å²) in [4.78, 5) is 25.0. The quantitative estimate of drug-likeness (QED) is 0.390. The number of hydrogen-bond donors (Lipinski definition) is 3. The van der Waals surface area contributed by atoms with Crippen molar-refractivity contribution in [2.45, 2.75) is 19.8 Å². The molecule has 1 atom stereocenters. The Labute approximate surface area is 122 Å². The Morgan fingerprint density at radius 3 is 2.71 bits per heavy atom. The summed E-state index contributed by atoms with van der Waals surface area (Å²) in [5.41, 5.74) is -0.456. The highest BCUT2D eigenvalue weighted by molar-refractivity contribution is 5.00. The molecular weight excluding hydrogens is 278 g/mol. The molecule has 1 heterocycles. The van der Waals surface area contributed by atoms with Crippen LogP contribution in [-0.2, 0) is 11.5 Å². The van der Waals surface area contributed by atoms with E-state index in [4.69, 9.17) is 9.84 Å².